The van der Waals surface area contributed by atoms with E-state index in [4.69, 9.17) is 20.0 Å². The quantitative estimate of drug-likeness (QED) is 0.667. The van der Waals surface area contributed by atoms with Crippen LogP contribution in [0.3, 0.4) is 0 Å². The lowest BCUT2D eigenvalue weighted by Gasteiger charge is -2.45. The summed E-state index contributed by atoms with van der Waals surface area (Å²) in [6.45, 7) is -0.304. The van der Waals surface area contributed by atoms with Crippen molar-refractivity contribution >= 4 is 31.8 Å². The number of hydrogen-bond donors (Lipinski definition) is 0. The summed E-state index contributed by atoms with van der Waals surface area (Å²) in [4.78, 5) is -0.0979. The Labute approximate surface area is 178 Å². The highest BCUT2D eigenvalue weighted by molar-refractivity contribution is 7.92. The lowest BCUT2D eigenvalue weighted by atomic mass is 9.75. The molecule has 0 unspecified atom stereocenters. The molecule has 2 aromatic carbocycles. The van der Waals surface area contributed by atoms with Gasteiger partial charge in [0.05, 0.1) is 17.6 Å². The van der Waals surface area contributed by atoms with Crippen molar-refractivity contribution in [2.75, 3.05) is 6.61 Å². The van der Waals surface area contributed by atoms with Gasteiger partial charge in [0.2, 0.25) is 0 Å². The van der Waals surface area contributed by atoms with Crippen LogP contribution in [0.2, 0.25) is 5.02 Å². The van der Waals surface area contributed by atoms with E-state index in [-0.39, 0.29) is 36.3 Å². The molecule has 0 radical (unpaired) electrons. The van der Waals surface area contributed by atoms with Crippen LogP contribution in [-0.2, 0) is 33.3 Å². The molecular weight excluding hydrogens is 462 g/mol. The Morgan fingerprint density at radius 1 is 1.10 bits per heavy atom. The Morgan fingerprint density at radius 2 is 1.80 bits per heavy atom. The molecular formula is C19H17ClF2O6S2. The van der Waals surface area contributed by atoms with Crippen molar-refractivity contribution in [2.24, 2.45) is 5.92 Å². The van der Waals surface area contributed by atoms with Crippen LogP contribution in [0, 0.1) is 17.6 Å². The molecule has 3 atom stereocenters. The Hall–Kier alpha value is -1.59. The van der Waals surface area contributed by atoms with Gasteiger partial charge in [0.1, 0.15) is 16.4 Å². The van der Waals surface area contributed by atoms with E-state index >= 15 is 0 Å². The van der Waals surface area contributed by atoms with Crippen LogP contribution in [0.25, 0.3) is 0 Å². The zero-order valence-corrected chi connectivity index (χ0v) is 17.8. The van der Waals surface area contributed by atoms with Crippen LogP contribution in [0.15, 0.2) is 47.4 Å². The standard InChI is InChI=1S/C19H17ClF2O6S2/c20-13-1-4-15(5-2-13)29(23,24)19(16-9-14(21)3-6-17(16)22)8-7-18-12(10-19)11-27-30(25,26)28-18/h1-6,9,12,18H,7-8,10-11H2/t12-,18-,19+/m0/s1. The van der Waals surface area contributed by atoms with Crippen molar-refractivity contribution in [1.29, 1.82) is 0 Å². The monoisotopic (exact) mass is 478 g/mol. The maximum atomic E-state index is 14.8. The molecule has 1 aliphatic carbocycles. The van der Waals surface area contributed by atoms with Crippen molar-refractivity contribution in [3.63, 3.8) is 0 Å². The number of hydrogen-bond acceptors (Lipinski definition) is 6. The number of benzene rings is 2. The zero-order valence-electron chi connectivity index (χ0n) is 15.4. The molecule has 11 heteroatoms. The molecule has 1 saturated carbocycles. The van der Waals surface area contributed by atoms with Crippen LogP contribution >= 0.6 is 11.6 Å². The van der Waals surface area contributed by atoms with Crippen molar-refractivity contribution in [2.45, 2.75) is 35.0 Å². The highest BCUT2D eigenvalue weighted by Crippen LogP contribution is 2.51. The smallest absolute Gasteiger partial charge is 0.248 e. The summed E-state index contributed by atoms with van der Waals surface area (Å²) in [6, 6.07) is 8.08. The van der Waals surface area contributed by atoms with Gasteiger partial charge >= 0.3 is 10.4 Å². The van der Waals surface area contributed by atoms with E-state index in [9.17, 15) is 25.6 Å². The molecule has 30 heavy (non-hydrogen) atoms. The van der Waals surface area contributed by atoms with E-state index in [2.05, 4.69) is 0 Å². The summed E-state index contributed by atoms with van der Waals surface area (Å²) in [6.07, 6.45) is -1.14. The average Bonchev–Trinajstić information content (AvgIpc) is 2.69. The predicted octanol–water partition coefficient (Wildman–Crippen LogP) is 3.75. The Morgan fingerprint density at radius 3 is 2.50 bits per heavy atom. The van der Waals surface area contributed by atoms with Gasteiger partial charge in [-0.25, -0.2) is 25.6 Å². The molecule has 0 aromatic heterocycles. The van der Waals surface area contributed by atoms with Gasteiger partial charge in [0.15, 0.2) is 9.84 Å². The van der Waals surface area contributed by atoms with Crippen LogP contribution in [0.5, 0.6) is 0 Å². The van der Waals surface area contributed by atoms with Crippen LogP contribution < -0.4 is 0 Å². The van der Waals surface area contributed by atoms with E-state index in [0.717, 1.165) is 18.2 Å². The SMILES string of the molecule is O=S1(=O)OC[C@@H]2C[C@](c3cc(F)ccc3F)(S(=O)(=O)c3ccc(Cl)cc3)CC[C@@H]2O1. The molecule has 1 saturated heterocycles. The summed E-state index contributed by atoms with van der Waals surface area (Å²) in [7, 11) is -8.40. The predicted molar refractivity (Wildman–Crippen MR) is 104 cm³/mol. The first-order valence-electron chi connectivity index (χ1n) is 9.07. The summed E-state index contributed by atoms with van der Waals surface area (Å²) < 4.78 is 87.5. The van der Waals surface area contributed by atoms with Gasteiger partial charge in [0.25, 0.3) is 0 Å². The number of fused-ring (bicyclic) bond motifs is 1. The molecule has 0 spiro atoms. The van der Waals surface area contributed by atoms with E-state index in [1.165, 1.54) is 24.3 Å². The van der Waals surface area contributed by atoms with E-state index in [1.54, 1.807) is 0 Å². The maximum Gasteiger partial charge on any atom is 0.400 e. The number of sulfone groups is 1. The summed E-state index contributed by atoms with van der Waals surface area (Å²) >= 11 is 5.87. The highest BCUT2D eigenvalue weighted by Gasteiger charge is 2.55. The molecule has 0 N–H and O–H groups in total. The number of rotatable bonds is 3. The lowest BCUT2D eigenvalue weighted by molar-refractivity contribution is -0.00119. The molecule has 2 aliphatic rings. The molecule has 1 aliphatic heterocycles. The second-order valence-corrected chi connectivity index (χ2v) is 11.3. The van der Waals surface area contributed by atoms with Crippen molar-refractivity contribution in [3.05, 3.63) is 64.7 Å². The molecule has 0 amide bonds. The van der Waals surface area contributed by atoms with Gasteiger partial charge in [-0.15, -0.1) is 0 Å². The molecule has 162 valence electrons. The minimum absolute atomic E-state index is 0.00995. The van der Waals surface area contributed by atoms with Gasteiger partial charge in [-0.3, -0.25) is 0 Å². The minimum Gasteiger partial charge on any atom is -0.248 e. The average molecular weight is 479 g/mol. The third-order valence-corrected chi connectivity index (χ3v) is 9.35. The van der Waals surface area contributed by atoms with Gasteiger partial charge in [0, 0.05) is 16.5 Å². The van der Waals surface area contributed by atoms with Crippen molar-refractivity contribution in [1.82, 2.24) is 0 Å². The third kappa shape index (κ3) is 3.64. The first-order valence-corrected chi connectivity index (χ1v) is 12.3. The fourth-order valence-electron chi connectivity index (χ4n) is 4.23. The molecule has 2 fully saturated rings. The normalized spacial score (nSPS) is 28.6. The lowest BCUT2D eigenvalue weighted by Crippen LogP contribution is -2.50. The zero-order chi connectivity index (χ0) is 21.7. The highest BCUT2D eigenvalue weighted by atomic mass is 35.5. The Kier molecular flexibility index (Phi) is 5.43. The van der Waals surface area contributed by atoms with Gasteiger partial charge < -0.3 is 0 Å². The van der Waals surface area contributed by atoms with Crippen LogP contribution in [0.1, 0.15) is 24.8 Å². The second-order valence-electron chi connectivity index (χ2n) is 7.41. The van der Waals surface area contributed by atoms with Gasteiger partial charge in [-0.2, -0.15) is 8.42 Å². The molecule has 1 heterocycles. The summed E-state index contributed by atoms with van der Waals surface area (Å²) in [5, 5.41) is 0.322. The van der Waals surface area contributed by atoms with Crippen LogP contribution in [0.4, 0.5) is 8.78 Å². The minimum atomic E-state index is -4.24. The number of halogens is 3. The van der Waals surface area contributed by atoms with E-state index in [1.807, 2.05) is 0 Å². The molecule has 0 bridgehead atoms. The second kappa shape index (κ2) is 7.52. The molecule has 6 nitrogen and oxygen atoms in total. The Balaban J connectivity index is 1.87. The fourth-order valence-corrected chi connectivity index (χ4v) is 7.52. The summed E-state index contributed by atoms with van der Waals surface area (Å²) in [5.41, 5.74) is -0.302. The van der Waals surface area contributed by atoms with E-state index in [0.29, 0.717) is 5.02 Å². The maximum absolute atomic E-state index is 14.8. The largest absolute Gasteiger partial charge is 0.400 e. The molecule has 4 rings (SSSR count). The third-order valence-electron chi connectivity index (χ3n) is 5.68. The van der Waals surface area contributed by atoms with E-state index < -0.39 is 48.6 Å². The van der Waals surface area contributed by atoms with Crippen molar-refractivity contribution < 1.29 is 34.0 Å². The molecule has 2 aromatic rings. The first kappa shape index (κ1) is 21.6. The first-order chi connectivity index (χ1) is 14.0. The topological polar surface area (TPSA) is 86.7 Å². The van der Waals surface area contributed by atoms with Gasteiger partial charge in [-0.05, 0) is 61.7 Å². The van der Waals surface area contributed by atoms with Crippen molar-refractivity contribution in [3.8, 4) is 0 Å². The fraction of sp³-hybridized carbons (Fsp3) is 0.368. The van der Waals surface area contributed by atoms with Crippen LogP contribution in [-0.4, -0.2) is 29.5 Å². The summed E-state index contributed by atoms with van der Waals surface area (Å²) in [5.74, 6) is -2.29. The van der Waals surface area contributed by atoms with Gasteiger partial charge in [-0.1, -0.05) is 11.6 Å². The Bertz CT molecular complexity index is 1180.